The number of unbranched alkanes of at least 4 members (excludes halogenated alkanes) is 54. The number of carbonyl (C=O) groups excluding carboxylic acids is 2. The molecule has 0 saturated heterocycles. The highest BCUT2D eigenvalue weighted by Gasteiger charge is 2.26. The number of phosphoric acid groups is 1. The van der Waals surface area contributed by atoms with Gasteiger partial charge >= 0.3 is 19.8 Å². The maximum absolute atomic E-state index is 12.8. The predicted octanol–water partition coefficient (Wildman–Crippen LogP) is 29.8. The van der Waals surface area contributed by atoms with E-state index in [1.807, 2.05) is 0 Å². The zero-order valence-electron chi connectivity index (χ0n) is 66.6. The molecule has 3 N–H and O–H groups in total. The van der Waals surface area contributed by atoms with Crippen LogP contribution in [0.2, 0.25) is 0 Å². The highest BCUT2D eigenvalue weighted by atomic mass is 31.2. The third kappa shape index (κ3) is 85.7. The molecule has 2 atom stereocenters. The first kappa shape index (κ1) is 97.9. The van der Waals surface area contributed by atoms with Crippen LogP contribution in [0.4, 0.5) is 0 Å². The van der Waals surface area contributed by atoms with Gasteiger partial charge in [-0.3, -0.25) is 18.6 Å². The Morgan fingerprint density at radius 3 is 0.762 bits per heavy atom. The molecular formula is C91H166NO8P. The van der Waals surface area contributed by atoms with E-state index in [0.29, 0.717) is 6.42 Å². The summed E-state index contributed by atoms with van der Waals surface area (Å²) in [7, 11) is -4.40. The maximum Gasteiger partial charge on any atom is 0.472 e. The molecule has 0 saturated carbocycles. The first-order valence-corrected chi connectivity index (χ1v) is 45.2. The minimum Gasteiger partial charge on any atom is -0.462 e. The Hall–Kier alpha value is -3.07. The number of hydrogen-bond donors (Lipinski definition) is 2. The Labute approximate surface area is 627 Å². The largest absolute Gasteiger partial charge is 0.472 e. The Kier molecular flexibility index (Phi) is 83.2. The zero-order chi connectivity index (χ0) is 72.9. The van der Waals surface area contributed by atoms with E-state index in [1.54, 1.807) is 0 Å². The van der Waals surface area contributed by atoms with Crippen molar-refractivity contribution in [3.63, 3.8) is 0 Å². The fraction of sp³-hybridized carbons (Fsp3) is 0.802. The van der Waals surface area contributed by atoms with Gasteiger partial charge in [-0.1, -0.05) is 432 Å². The van der Waals surface area contributed by atoms with E-state index in [2.05, 4.69) is 111 Å². The second-order valence-corrected chi connectivity index (χ2v) is 30.8. The monoisotopic (exact) mass is 1430 g/mol. The summed E-state index contributed by atoms with van der Waals surface area (Å²) in [6.45, 7) is 3.59. The van der Waals surface area contributed by atoms with Gasteiger partial charge in [-0.15, -0.1) is 0 Å². The van der Waals surface area contributed by atoms with E-state index < -0.39 is 26.5 Å². The first-order chi connectivity index (χ1) is 49.8. The average Bonchev–Trinajstić information content (AvgIpc) is 1.04. The van der Waals surface area contributed by atoms with Gasteiger partial charge in [0.25, 0.3) is 0 Å². The molecule has 0 aromatic carbocycles. The summed E-state index contributed by atoms with van der Waals surface area (Å²) in [6.07, 6.45) is 119. The molecule has 0 heterocycles. The summed E-state index contributed by atoms with van der Waals surface area (Å²) in [6, 6.07) is 0. The van der Waals surface area contributed by atoms with Crippen LogP contribution in [0.15, 0.2) is 97.2 Å². The molecule has 0 aliphatic heterocycles. The van der Waals surface area contributed by atoms with E-state index in [4.69, 9.17) is 24.3 Å². The van der Waals surface area contributed by atoms with Crippen molar-refractivity contribution in [3.05, 3.63) is 97.2 Å². The quantitative estimate of drug-likeness (QED) is 0.0264. The topological polar surface area (TPSA) is 134 Å². The summed E-state index contributed by atoms with van der Waals surface area (Å²) in [5.74, 6) is -0.802. The first-order valence-electron chi connectivity index (χ1n) is 43.7. The Bertz CT molecular complexity index is 1990. The molecule has 0 rings (SSSR count). The van der Waals surface area contributed by atoms with Crippen LogP contribution < -0.4 is 5.73 Å². The average molecular weight is 1430 g/mol. The van der Waals surface area contributed by atoms with Crippen LogP contribution in [-0.2, 0) is 32.7 Å². The summed E-state index contributed by atoms with van der Waals surface area (Å²) in [5, 5.41) is 0. The molecule has 0 aliphatic carbocycles. The van der Waals surface area contributed by atoms with Crippen molar-refractivity contribution in [1.82, 2.24) is 0 Å². The molecule has 10 heteroatoms. The van der Waals surface area contributed by atoms with Crippen LogP contribution in [0.3, 0.4) is 0 Å². The fourth-order valence-corrected chi connectivity index (χ4v) is 13.9. The Morgan fingerprint density at radius 2 is 0.515 bits per heavy atom. The number of hydrogen-bond acceptors (Lipinski definition) is 8. The van der Waals surface area contributed by atoms with Gasteiger partial charge in [0.1, 0.15) is 6.61 Å². The zero-order valence-corrected chi connectivity index (χ0v) is 67.5. The van der Waals surface area contributed by atoms with Gasteiger partial charge in [0.2, 0.25) is 0 Å². The number of ether oxygens (including phenoxy) is 2. The van der Waals surface area contributed by atoms with Gasteiger partial charge in [-0.05, 0) is 89.9 Å². The van der Waals surface area contributed by atoms with Gasteiger partial charge in [-0.2, -0.15) is 0 Å². The van der Waals surface area contributed by atoms with E-state index in [1.165, 1.54) is 321 Å². The smallest absolute Gasteiger partial charge is 0.462 e. The molecule has 101 heavy (non-hydrogen) atoms. The second kappa shape index (κ2) is 85.9. The number of nitrogens with two attached hydrogens (primary N) is 1. The normalized spacial score (nSPS) is 13.3. The number of allylic oxidation sites excluding steroid dienone is 16. The molecule has 0 radical (unpaired) electrons. The van der Waals surface area contributed by atoms with Gasteiger partial charge < -0.3 is 20.1 Å². The minimum absolute atomic E-state index is 0.0550. The van der Waals surface area contributed by atoms with Crippen LogP contribution in [0.5, 0.6) is 0 Å². The van der Waals surface area contributed by atoms with Crippen molar-refractivity contribution in [1.29, 1.82) is 0 Å². The maximum atomic E-state index is 12.8. The van der Waals surface area contributed by atoms with Crippen LogP contribution in [0, 0.1) is 0 Å². The van der Waals surface area contributed by atoms with Crippen molar-refractivity contribution in [2.45, 2.75) is 444 Å². The molecule has 0 spiro atoms. The van der Waals surface area contributed by atoms with Crippen molar-refractivity contribution in [3.8, 4) is 0 Å². The Balaban J connectivity index is 3.71. The van der Waals surface area contributed by atoms with Crippen molar-refractivity contribution in [2.75, 3.05) is 26.4 Å². The van der Waals surface area contributed by atoms with Crippen molar-refractivity contribution < 1.29 is 37.6 Å². The van der Waals surface area contributed by atoms with Crippen LogP contribution >= 0.6 is 7.82 Å². The number of phosphoric ester groups is 1. The molecule has 9 nitrogen and oxygen atoms in total. The predicted molar refractivity (Wildman–Crippen MR) is 441 cm³/mol. The van der Waals surface area contributed by atoms with Gasteiger partial charge in [0, 0.05) is 19.4 Å². The van der Waals surface area contributed by atoms with Crippen molar-refractivity contribution in [2.24, 2.45) is 5.73 Å². The molecule has 0 aromatic heterocycles. The van der Waals surface area contributed by atoms with E-state index >= 15 is 0 Å². The van der Waals surface area contributed by atoms with E-state index in [9.17, 15) is 19.0 Å². The van der Waals surface area contributed by atoms with E-state index in [0.717, 1.165) is 83.5 Å². The van der Waals surface area contributed by atoms with Crippen molar-refractivity contribution >= 4 is 19.8 Å². The molecule has 0 bridgehead atoms. The van der Waals surface area contributed by atoms with Crippen LogP contribution in [0.1, 0.15) is 438 Å². The Morgan fingerprint density at radius 1 is 0.297 bits per heavy atom. The summed E-state index contributed by atoms with van der Waals surface area (Å²) in [5.41, 5.74) is 5.43. The highest BCUT2D eigenvalue weighted by Crippen LogP contribution is 2.43. The molecular weight excluding hydrogens is 1270 g/mol. The summed E-state index contributed by atoms with van der Waals surface area (Å²) < 4.78 is 33.3. The van der Waals surface area contributed by atoms with E-state index in [-0.39, 0.29) is 38.6 Å². The summed E-state index contributed by atoms with van der Waals surface area (Å²) in [4.78, 5) is 35.5. The van der Waals surface area contributed by atoms with Gasteiger partial charge in [0.15, 0.2) is 6.10 Å². The third-order valence-electron chi connectivity index (χ3n) is 19.5. The highest BCUT2D eigenvalue weighted by molar-refractivity contribution is 7.47. The van der Waals surface area contributed by atoms with Crippen LogP contribution in [-0.4, -0.2) is 49.3 Å². The lowest BCUT2D eigenvalue weighted by Gasteiger charge is -2.19. The molecule has 0 aromatic rings. The lowest BCUT2D eigenvalue weighted by molar-refractivity contribution is -0.161. The molecule has 2 unspecified atom stereocenters. The van der Waals surface area contributed by atoms with Crippen LogP contribution in [0.25, 0.3) is 0 Å². The second-order valence-electron chi connectivity index (χ2n) is 29.4. The number of esters is 2. The lowest BCUT2D eigenvalue weighted by Crippen LogP contribution is -2.29. The van der Waals surface area contributed by atoms with Gasteiger partial charge in [0.05, 0.1) is 13.2 Å². The summed E-state index contributed by atoms with van der Waals surface area (Å²) >= 11 is 0. The SMILES string of the molecule is CC/C=C\C/C=C\C/C=C\C/C=C\CCCCCCCCCCCCCCCCCCCCCCCCCCCCCCC(=O)OC(COC(=O)CCCCCCCCCCCCCCCCCCCCCCCCCCCC/C=C\C/C=C\C/C=C\C/C=C\CC)COP(=O)(O)OCCN. The minimum atomic E-state index is -4.40. The molecule has 588 valence electrons. The molecule has 0 fully saturated rings. The number of rotatable bonds is 83. The molecule has 0 amide bonds. The standard InChI is InChI=1S/C91H166NO8P/c1-3-5-7-9-11-13-15-17-19-21-23-25-27-29-31-33-35-37-39-41-43-44-46-48-50-52-54-56-58-60-62-64-66-68-70-72-74-76-78-80-82-84-91(94)100-89(88-99-101(95,96)98-86-85-92)87-97-90(93)83-81-79-77-75-73-71-69-67-65-63-61-59-57-55-53-51-49-47-45-42-40-38-36-34-32-30-28-26-24-22-20-18-16-14-12-10-8-6-4-2/h5-8,11-14,17-20,23-26,89H,3-4,9-10,15-16,21-22,27-88,92H2,1-2H3,(H,95,96)/b7-5-,8-6-,13-11-,14-12-,19-17-,20-18-,25-23-,26-24-. The van der Waals surface area contributed by atoms with Gasteiger partial charge in [-0.25, -0.2) is 4.57 Å². The third-order valence-corrected chi connectivity index (χ3v) is 20.4. The lowest BCUT2D eigenvalue weighted by atomic mass is 10.0. The fourth-order valence-electron chi connectivity index (χ4n) is 13.1. The molecule has 0 aliphatic rings. The number of carbonyl (C=O) groups is 2.